The van der Waals surface area contributed by atoms with Gasteiger partial charge in [0.2, 0.25) is 0 Å². The Balaban J connectivity index is 3.37. The quantitative estimate of drug-likeness (QED) is 0.803. The van der Waals surface area contributed by atoms with E-state index in [0.29, 0.717) is 13.0 Å². The van der Waals surface area contributed by atoms with Gasteiger partial charge in [-0.05, 0) is 18.2 Å². The van der Waals surface area contributed by atoms with Gasteiger partial charge in [-0.3, -0.25) is 0 Å². The van der Waals surface area contributed by atoms with Crippen LogP contribution in [0, 0.1) is 5.82 Å². The van der Waals surface area contributed by atoms with Gasteiger partial charge in [0.15, 0.2) is 0 Å². The van der Waals surface area contributed by atoms with Crippen LogP contribution in [0.5, 0.6) is 0 Å². The first kappa shape index (κ1) is 10.6. The summed E-state index contributed by atoms with van der Waals surface area (Å²) in [6.07, 6.45) is 0. The Morgan fingerprint density at radius 3 is 2.43 bits per heavy atom. The van der Waals surface area contributed by atoms with Gasteiger partial charge in [0.25, 0.3) is 5.92 Å². The van der Waals surface area contributed by atoms with Gasteiger partial charge in [0.05, 0.1) is 5.56 Å². The minimum Gasteiger partial charge on any atom is -0.478 e. The molecule has 0 fully saturated rings. The van der Waals surface area contributed by atoms with Gasteiger partial charge in [0.1, 0.15) is 5.82 Å². The zero-order chi connectivity index (χ0) is 10.9. The number of halogens is 3. The highest BCUT2D eigenvalue weighted by atomic mass is 19.3. The van der Waals surface area contributed by atoms with Gasteiger partial charge in [0, 0.05) is 12.5 Å². The largest absolute Gasteiger partial charge is 0.478 e. The van der Waals surface area contributed by atoms with E-state index in [1.807, 2.05) is 0 Å². The monoisotopic (exact) mass is 204 g/mol. The van der Waals surface area contributed by atoms with Crippen molar-refractivity contribution in [3.63, 3.8) is 0 Å². The smallest absolute Gasteiger partial charge is 0.336 e. The number of hydrogen-bond donors (Lipinski definition) is 1. The maximum Gasteiger partial charge on any atom is 0.336 e. The summed E-state index contributed by atoms with van der Waals surface area (Å²) in [7, 11) is 0. The molecule has 1 aromatic rings. The third kappa shape index (κ3) is 2.04. The van der Waals surface area contributed by atoms with Crippen LogP contribution in [0.1, 0.15) is 22.8 Å². The van der Waals surface area contributed by atoms with Gasteiger partial charge in [-0.25, -0.2) is 18.0 Å². The summed E-state index contributed by atoms with van der Waals surface area (Å²) < 4.78 is 38.2. The number of carbonyl (C=O) groups is 1. The van der Waals surface area contributed by atoms with E-state index in [2.05, 4.69) is 0 Å². The van der Waals surface area contributed by atoms with E-state index in [1.54, 1.807) is 0 Å². The van der Waals surface area contributed by atoms with Crippen LogP contribution < -0.4 is 0 Å². The average Bonchev–Trinajstić information content (AvgIpc) is 2.01. The zero-order valence-electron chi connectivity index (χ0n) is 7.22. The Morgan fingerprint density at radius 2 is 2.00 bits per heavy atom. The van der Waals surface area contributed by atoms with E-state index in [-0.39, 0.29) is 0 Å². The molecule has 0 unspecified atom stereocenters. The maximum atomic E-state index is 12.8. The van der Waals surface area contributed by atoms with Crippen LogP contribution in [0.4, 0.5) is 13.2 Å². The SMILES string of the molecule is CC(F)(F)c1ccc(F)cc1C(=O)O. The van der Waals surface area contributed by atoms with Crippen LogP contribution in [0.25, 0.3) is 0 Å². The Morgan fingerprint density at radius 1 is 1.43 bits per heavy atom. The second-order valence-corrected chi connectivity index (χ2v) is 2.88. The van der Waals surface area contributed by atoms with Gasteiger partial charge in [-0.2, -0.15) is 0 Å². The highest BCUT2D eigenvalue weighted by Gasteiger charge is 2.30. The third-order valence-electron chi connectivity index (χ3n) is 1.68. The molecule has 0 heterocycles. The molecule has 0 aliphatic carbocycles. The molecule has 2 nitrogen and oxygen atoms in total. The standard InChI is InChI=1S/C9H7F3O2/c1-9(11,12)7-3-2-5(10)4-6(7)8(13)14/h2-4H,1H3,(H,13,14). The van der Waals surface area contributed by atoms with Crippen molar-refractivity contribution in [2.45, 2.75) is 12.8 Å². The molecule has 0 aromatic heterocycles. The molecule has 76 valence electrons. The van der Waals surface area contributed by atoms with Crippen molar-refractivity contribution in [3.8, 4) is 0 Å². The number of rotatable bonds is 2. The molecule has 1 rings (SSSR count). The summed E-state index contributed by atoms with van der Waals surface area (Å²) in [4.78, 5) is 10.5. The van der Waals surface area contributed by atoms with Crippen molar-refractivity contribution in [2.24, 2.45) is 0 Å². The van der Waals surface area contributed by atoms with Crippen molar-refractivity contribution >= 4 is 5.97 Å². The van der Waals surface area contributed by atoms with E-state index in [0.717, 1.165) is 12.1 Å². The van der Waals surface area contributed by atoms with Crippen molar-refractivity contribution < 1.29 is 23.1 Å². The topological polar surface area (TPSA) is 37.3 Å². The van der Waals surface area contributed by atoms with Gasteiger partial charge in [-0.1, -0.05) is 0 Å². The second-order valence-electron chi connectivity index (χ2n) is 2.88. The summed E-state index contributed by atoms with van der Waals surface area (Å²) in [6.45, 7) is 0.562. The average molecular weight is 204 g/mol. The highest BCUT2D eigenvalue weighted by molar-refractivity contribution is 5.89. The number of alkyl halides is 2. The summed E-state index contributed by atoms with van der Waals surface area (Å²) in [6, 6.07) is 2.16. The lowest BCUT2D eigenvalue weighted by Crippen LogP contribution is -2.14. The third-order valence-corrected chi connectivity index (χ3v) is 1.68. The predicted molar refractivity (Wildman–Crippen MR) is 42.9 cm³/mol. The molecule has 14 heavy (non-hydrogen) atoms. The fourth-order valence-electron chi connectivity index (χ4n) is 1.08. The Labute approximate surface area is 78.0 Å². The zero-order valence-corrected chi connectivity index (χ0v) is 7.22. The van der Waals surface area contributed by atoms with Gasteiger partial charge < -0.3 is 5.11 Å². The molecule has 0 radical (unpaired) electrons. The van der Waals surface area contributed by atoms with Crippen LogP contribution in [0.2, 0.25) is 0 Å². The molecule has 0 amide bonds. The number of carboxylic acids is 1. The van der Waals surface area contributed by atoms with Gasteiger partial charge >= 0.3 is 5.97 Å². The van der Waals surface area contributed by atoms with Gasteiger partial charge in [-0.15, -0.1) is 0 Å². The molecule has 0 bridgehead atoms. The number of hydrogen-bond acceptors (Lipinski definition) is 1. The molecule has 0 aliphatic rings. The normalized spacial score (nSPS) is 11.4. The molecule has 0 spiro atoms. The summed E-state index contributed by atoms with van der Waals surface area (Å²) >= 11 is 0. The summed E-state index contributed by atoms with van der Waals surface area (Å²) in [5.74, 6) is -5.71. The van der Waals surface area contributed by atoms with Crippen molar-refractivity contribution in [2.75, 3.05) is 0 Å². The lowest BCUT2D eigenvalue weighted by molar-refractivity contribution is 0.0153. The van der Waals surface area contributed by atoms with E-state index < -0.39 is 28.8 Å². The number of aromatic carboxylic acids is 1. The summed E-state index contributed by atoms with van der Waals surface area (Å²) in [5.41, 5.74) is -1.40. The van der Waals surface area contributed by atoms with E-state index in [1.165, 1.54) is 0 Å². The van der Waals surface area contributed by atoms with Crippen molar-refractivity contribution in [3.05, 3.63) is 35.1 Å². The van der Waals surface area contributed by atoms with Crippen LogP contribution in [0.15, 0.2) is 18.2 Å². The molecular formula is C9H7F3O2. The van der Waals surface area contributed by atoms with Crippen LogP contribution >= 0.6 is 0 Å². The van der Waals surface area contributed by atoms with Crippen molar-refractivity contribution in [1.82, 2.24) is 0 Å². The highest BCUT2D eigenvalue weighted by Crippen LogP contribution is 2.30. The molecule has 5 heteroatoms. The van der Waals surface area contributed by atoms with Crippen LogP contribution in [-0.4, -0.2) is 11.1 Å². The predicted octanol–water partition coefficient (Wildman–Crippen LogP) is 2.64. The second kappa shape index (κ2) is 3.32. The Kier molecular flexibility index (Phi) is 2.51. The summed E-state index contributed by atoms with van der Waals surface area (Å²) in [5, 5.41) is 8.55. The lowest BCUT2D eigenvalue weighted by atomic mass is 10.0. The molecular weight excluding hydrogens is 197 g/mol. The fraction of sp³-hybridized carbons (Fsp3) is 0.222. The molecule has 0 saturated carbocycles. The molecule has 0 aliphatic heterocycles. The van der Waals surface area contributed by atoms with E-state index in [4.69, 9.17) is 5.11 Å². The maximum absolute atomic E-state index is 12.8. The molecule has 1 N–H and O–H groups in total. The Bertz CT molecular complexity index is 369. The fourth-order valence-corrected chi connectivity index (χ4v) is 1.08. The Hall–Kier alpha value is -1.52. The molecule has 0 atom stereocenters. The first-order valence-electron chi connectivity index (χ1n) is 3.73. The minimum absolute atomic E-state index is 0.562. The lowest BCUT2D eigenvalue weighted by Gasteiger charge is -2.13. The van der Waals surface area contributed by atoms with Crippen LogP contribution in [0.3, 0.4) is 0 Å². The van der Waals surface area contributed by atoms with Crippen LogP contribution in [-0.2, 0) is 5.92 Å². The molecule has 0 saturated heterocycles. The van der Waals surface area contributed by atoms with E-state index >= 15 is 0 Å². The number of benzene rings is 1. The molecule has 1 aromatic carbocycles. The first-order chi connectivity index (χ1) is 6.32. The minimum atomic E-state index is -3.29. The number of carboxylic acid groups (broad SMARTS) is 1. The van der Waals surface area contributed by atoms with E-state index in [9.17, 15) is 18.0 Å². The first-order valence-corrected chi connectivity index (χ1v) is 3.73. The van der Waals surface area contributed by atoms with Crippen molar-refractivity contribution in [1.29, 1.82) is 0 Å².